The molecule has 116 valence electrons. The lowest BCUT2D eigenvalue weighted by molar-refractivity contribution is -0.385. The van der Waals surface area contributed by atoms with Crippen LogP contribution in [0, 0.1) is 24.0 Å². The molecular formula is C15H18N4O2S. The van der Waals surface area contributed by atoms with Gasteiger partial charge < -0.3 is 4.90 Å². The number of aryl methyl sites for hydroxylation is 3. The minimum Gasteiger partial charge on any atom is -0.352 e. The van der Waals surface area contributed by atoms with Crippen LogP contribution in [0.15, 0.2) is 12.3 Å². The minimum absolute atomic E-state index is 0.0649. The molecule has 0 radical (unpaired) electrons. The molecule has 2 aromatic rings. The van der Waals surface area contributed by atoms with Crippen molar-refractivity contribution >= 4 is 22.8 Å². The second-order valence-electron chi connectivity index (χ2n) is 5.65. The summed E-state index contributed by atoms with van der Waals surface area (Å²) in [7, 11) is 2.00. The normalized spacial score (nSPS) is 17.1. The van der Waals surface area contributed by atoms with Gasteiger partial charge in [0.1, 0.15) is 12.0 Å². The molecule has 2 heterocycles. The molecule has 22 heavy (non-hydrogen) atoms. The fourth-order valence-electron chi connectivity index (χ4n) is 2.97. The van der Waals surface area contributed by atoms with Gasteiger partial charge in [-0.05, 0) is 39.2 Å². The predicted octanol–water partition coefficient (Wildman–Crippen LogP) is 3.58. The maximum Gasteiger partial charge on any atom is 0.290 e. The summed E-state index contributed by atoms with van der Waals surface area (Å²) < 4.78 is 0. The summed E-state index contributed by atoms with van der Waals surface area (Å²) in [5.74, 6) is 0.770. The monoisotopic (exact) mass is 318 g/mol. The Morgan fingerprint density at radius 3 is 2.91 bits per heavy atom. The number of nitro groups is 1. The highest BCUT2D eigenvalue weighted by Gasteiger charge is 2.28. The zero-order valence-electron chi connectivity index (χ0n) is 12.9. The maximum atomic E-state index is 10.9. The highest BCUT2D eigenvalue weighted by atomic mass is 32.1. The summed E-state index contributed by atoms with van der Waals surface area (Å²) in [4.78, 5) is 22.9. The summed E-state index contributed by atoms with van der Waals surface area (Å²) in [6, 6.07) is 2.05. The van der Waals surface area contributed by atoms with Gasteiger partial charge in [-0.15, -0.1) is 11.3 Å². The van der Waals surface area contributed by atoms with Gasteiger partial charge in [-0.3, -0.25) is 10.1 Å². The van der Waals surface area contributed by atoms with Crippen LogP contribution in [0.25, 0.3) is 0 Å². The molecule has 0 aromatic carbocycles. The molecule has 0 saturated heterocycles. The smallest absolute Gasteiger partial charge is 0.290 e. The van der Waals surface area contributed by atoms with E-state index in [2.05, 4.69) is 14.9 Å². The van der Waals surface area contributed by atoms with E-state index < -0.39 is 4.92 Å². The van der Waals surface area contributed by atoms with Gasteiger partial charge in [0, 0.05) is 12.6 Å². The van der Waals surface area contributed by atoms with Crippen molar-refractivity contribution in [3.8, 4) is 0 Å². The summed E-state index contributed by atoms with van der Waals surface area (Å²) in [6.07, 6.45) is 4.56. The average molecular weight is 318 g/mol. The van der Waals surface area contributed by atoms with E-state index in [-0.39, 0.29) is 11.7 Å². The van der Waals surface area contributed by atoms with E-state index in [1.165, 1.54) is 16.8 Å². The Balaban J connectivity index is 1.93. The molecule has 0 fully saturated rings. The zero-order valence-corrected chi connectivity index (χ0v) is 13.7. The molecule has 1 unspecified atom stereocenters. The molecule has 0 amide bonds. The summed E-state index contributed by atoms with van der Waals surface area (Å²) in [5, 5.41) is 12.0. The van der Waals surface area contributed by atoms with E-state index in [9.17, 15) is 10.1 Å². The third kappa shape index (κ3) is 2.56. The maximum absolute atomic E-state index is 10.9. The first-order valence-corrected chi connectivity index (χ1v) is 8.09. The molecule has 6 nitrogen and oxygen atoms in total. The van der Waals surface area contributed by atoms with Gasteiger partial charge in [-0.25, -0.2) is 9.97 Å². The van der Waals surface area contributed by atoms with Crippen molar-refractivity contribution in [3.63, 3.8) is 0 Å². The van der Waals surface area contributed by atoms with Crippen molar-refractivity contribution in [3.05, 3.63) is 43.5 Å². The number of thiazole rings is 1. The van der Waals surface area contributed by atoms with Crippen LogP contribution in [0.5, 0.6) is 0 Å². The number of hydrogen-bond donors (Lipinski definition) is 0. The van der Waals surface area contributed by atoms with Crippen LogP contribution in [0.4, 0.5) is 11.5 Å². The van der Waals surface area contributed by atoms with Crippen molar-refractivity contribution in [2.75, 3.05) is 11.9 Å². The Kier molecular flexibility index (Phi) is 3.82. The number of anilines is 1. The van der Waals surface area contributed by atoms with Crippen LogP contribution in [-0.4, -0.2) is 21.9 Å². The van der Waals surface area contributed by atoms with Crippen LogP contribution in [0.1, 0.15) is 40.0 Å². The van der Waals surface area contributed by atoms with E-state index in [1.54, 1.807) is 24.3 Å². The van der Waals surface area contributed by atoms with Gasteiger partial charge >= 0.3 is 0 Å². The van der Waals surface area contributed by atoms with Crippen LogP contribution in [0.3, 0.4) is 0 Å². The van der Waals surface area contributed by atoms with Crippen molar-refractivity contribution in [2.45, 2.75) is 39.2 Å². The van der Waals surface area contributed by atoms with Crippen molar-refractivity contribution in [1.82, 2.24) is 9.97 Å². The third-order valence-corrected chi connectivity index (χ3v) is 5.24. The van der Waals surface area contributed by atoms with Gasteiger partial charge in [-0.2, -0.15) is 0 Å². The Hall–Kier alpha value is -2.02. The molecule has 2 aromatic heterocycles. The topological polar surface area (TPSA) is 72.2 Å². The van der Waals surface area contributed by atoms with E-state index in [0.717, 1.165) is 30.1 Å². The van der Waals surface area contributed by atoms with E-state index in [4.69, 9.17) is 0 Å². The van der Waals surface area contributed by atoms with Gasteiger partial charge in [0.2, 0.25) is 0 Å². The molecule has 3 rings (SSSR count). The number of pyridine rings is 1. The Morgan fingerprint density at radius 1 is 1.45 bits per heavy atom. The van der Waals surface area contributed by atoms with Crippen molar-refractivity contribution < 1.29 is 4.92 Å². The highest BCUT2D eigenvalue weighted by Crippen LogP contribution is 2.39. The molecule has 0 saturated carbocycles. The van der Waals surface area contributed by atoms with E-state index >= 15 is 0 Å². The van der Waals surface area contributed by atoms with Gasteiger partial charge in [-0.1, -0.05) is 0 Å². The third-order valence-electron chi connectivity index (χ3n) is 4.12. The standard InChI is InChI=1S/C15H18N4O2S/c1-9-7-14(16-8-13(9)19(20)21)18(3)12-6-4-5-11-15(12)22-10(2)17-11/h7-8,12H,4-6H2,1-3H3. The van der Waals surface area contributed by atoms with Crippen molar-refractivity contribution in [2.24, 2.45) is 0 Å². The van der Waals surface area contributed by atoms with Crippen molar-refractivity contribution in [1.29, 1.82) is 0 Å². The molecule has 1 aliphatic rings. The molecular weight excluding hydrogens is 300 g/mol. The predicted molar refractivity (Wildman–Crippen MR) is 86.6 cm³/mol. The second kappa shape index (κ2) is 5.64. The number of nitrogens with zero attached hydrogens (tertiary/aromatic N) is 4. The lowest BCUT2D eigenvalue weighted by atomic mass is 9.97. The first kappa shape index (κ1) is 14.9. The van der Waals surface area contributed by atoms with Crippen LogP contribution < -0.4 is 4.90 Å². The van der Waals surface area contributed by atoms with Gasteiger partial charge in [0.25, 0.3) is 5.69 Å². The number of rotatable bonds is 3. The minimum atomic E-state index is -0.391. The molecule has 7 heteroatoms. The number of hydrogen-bond acceptors (Lipinski definition) is 6. The Morgan fingerprint density at radius 2 is 2.23 bits per heavy atom. The fourth-order valence-corrected chi connectivity index (χ4v) is 4.12. The van der Waals surface area contributed by atoms with E-state index in [0.29, 0.717) is 5.56 Å². The molecule has 0 spiro atoms. The average Bonchev–Trinajstić information content (AvgIpc) is 2.85. The van der Waals surface area contributed by atoms with Crippen LogP contribution >= 0.6 is 11.3 Å². The zero-order chi connectivity index (χ0) is 15.9. The van der Waals surface area contributed by atoms with E-state index in [1.807, 2.05) is 14.0 Å². The number of aromatic nitrogens is 2. The molecule has 1 aliphatic carbocycles. The van der Waals surface area contributed by atoms with Gasteiger partial charge in [0.15, 0.2) is 0 Å². The summed E-state index contributed by atoms with van der Waals surface area (Å²) >= 11 is 1.74. The molecule has 1 atom stereocenters. The first-order chi connectivity index (χ1) is 10.5. The molecule has 0 aliphatic heterocycles. The molecule has 0 N–H and O–H groups in total. The van der Waals surface area contributed by atoms with Crippen LogP contribution in [-0.2, 0) is 6.42 Å². The Labute approximate surface area is 133 Å². The first-order valence-electron chi connectivity index (χ1n) is 7.27. The summed E-state index contributed by atoms with van der Waals surface area (Å²) in [5.41, 5.74) is 1.90. The fraction of sp³-hybridized carbons (Fsp3) is 0.467. The quantitative estimate of drug-likeness (QED) is 0.639. The Bertz CT molecular complexity index is 728. The largest absolute Gasteiger partial charge is 0.352 e. The molecule has 0 bridgehead atoms. The second-order valence-corrected chi connectivity index (χ2v) is 6.88. The SMILES string of the molecule is Cc1nc2c(s1)C(N(C)c1cc(C)c([N+](=O)[O-])cn1)CCC2. The van der Waals surface area contributed by atoms with Crippen LogP contribution in [0.2, 0.25) is 0 Å². The lowest BCUT2D eigenvalue weighted by Crippen LogP contribution is -2.27. The summed E-state index contributed by atoms with van der Waals surface area (Å²) in [6.45, 7) is 3.79. The lowest BCUT2D eigenvalue weighted by Gasteiger charge is -2.31. The highest BCUT2D eigenvalue weighted by molar-refractivity contribution is 7.11. The van der Waals surface area contributed by atoms with Gasteiger partial charge in [0.05, 0.1) is 26.5 Å². The number of fused-ring (bicyclic) bond motifs is 1.